The zero-order valence-corrected chi connectivity index (χ0v) is 18.0. The number of aryl methyl sites for hydroxylation is 1. The Labute approximate surface area is 173 Å². The van der Waals surface area contributed by atoms with Crippen molar-refractivity contribution in [1.82, 2.24) is 4.72 Å². The summed E-state index contributed by atoms with van der Waals surface area (Å²) in [6.45, 7) is 1.98. The van der Waals surface area contributed by atoms with Gasteiger partial charge in [-0.1, -0.05) is 54.6 Å². The van der Waals surface area contributed by atoms with Gasteiger partial charge in [0, 0.05) is 0 Å². The van der Waals surface area contributed by atoms with Crippen molar-refractivity contribution < 1.29 is 13.2 Å². The van der Waals surface area contributed by atoms with Gasteiger partial charge in [0.1, 0.15) is 5.75 Å². The number of nitrogens with one attached hydrogen (secondary N) is 1. The van der Waals surface area contributed by atoms with Crippen molar-refractivity contribution in [3.8, 4) is 5.75 Å². The summed E-state index contributed by atoms with van der Waals surface area (Å²) in [4.78, 5) is 0.210. The lowest BCUT2D eigenvalue weighted by Crippen LogP contribution is -2.30. The van der Waals surface area contributed by atoms with Gasteiger partial charge < -0.3 is 4.74 Å². The highest BCUT2D eigenvalue weighted by Crippen LogP contribution is 2.29. The number of rotatable bonds is 6. The summed E-state index contributed by atoms with van der Waals surface area (Å²) in [7, 11) is -2.17. The molecule has 0 aromatic heterocycles. The fraction of sp³-hybridized carbons (Fsp3) is 0.143. The van der Waals surface area contributed by atoms with E-state index in [1.807, 2.05) is 61.5 Å². The highest BCUT2D eigenvalue weighted by molar-refractivity contribution is 14.1. The molecule has 4 nitrogen and oxygen atoms in total. The maximum atomic E-state index is 13.1. The summed E-state index contributed by atoms with van der Waals surface area (Å²) in [6, 6.07) is 21.8. The molecule has 3 aromatic rings. The lowest BCUT2D eigenvalue weighted by molar-refractivity contribution is 0.411. The van der Waals surface area contributed by atoms with Gasteiger partial charge in [0.05, 0.1) is 21.6 Å². The van der Waals surface area contributed by atoms with Crippen LogP contribution >= 0.6 is 22.6 Å². The van der Waals surface area contributed by atoms with E-state index in [-0.39, 0.29) is 4.90 Å². The molecular weight excluding hydrogens is 473 g/mol. The van der Waals surface area contributed by atoms with E-state index in [0.717, 1.165) is 20.3 Å². The van der Waals surface area contributed by atoms with Crippen LogP contribution in [0.2, 0.25) is 0 Å². The molecule has 0 radical (unpaired) electrons. The molecule has 27 heavy (non-hydrogen) atoms. The van der Waals surface area contributed by atoms with Crippen molar-refractivity contribution in [2.45, 2.75) is 17.9 Å². The van der Waals surface area contributed by atoms with E-state index in [2.05, 4.69) is 27.3 Å². The first kappa shape index (κ1) is 19.9. The molecule has 140 valence electrons. The normalized spacial score (nSPS) is 12.6. The Balaban J connectivity index is 2.04. The first-order chi connectivity index (χ1) is 12.9. The molecule has 6 heteroatoms. The number of hydrogen-bond donors (Lipinski definition) is 1. The smallest absolute Gasteiger partial charge is 0.241 e. The van der Waals surface area contributed by atoms with Crippen LogP contribution in [0, 0.1) is 10.5 Å². The summed E-state index contributed by atoms with van der Waals surface area (Å²) in [5.74, 6) is 0.646. The van der Waals surface area contributed by atoms with Crippen LogP contribution in [-0.4, -0.2) is 15.5 Å². The number of hydrogen-bond acceptors (Lipinski definition) is 3. The third kappa shape index (κ3) is 4.51. The molecule has 3 aromatic carbocycles. The Morgan fingerprint density at radius 2 is 1.63 bits per heavy atom. The van der Waals surface area contributed by atoms with Crippen LogP contribution in [0.4, 0.5) is 0 Å². The third-order valence-electron chi connectivity index (χ3n) is 4.34. The van der Waals surface area contributed by atoms with Crippen molar-refractivity contribution in [2.75, 3.05) is 7.11 Å². The van der Waals surface area contributed by atoms with Crippen molar-refractivity contribution in [3.63, 3.8) is 0 Å². The second-order valence-corrected chi connectivity index (χ2v) is 8.99. The number of benzene rings is 3. The van der Waals surface area contributed by atoms with Crippen LogP contribution < -0.4 is 9.46 Å². The van der Waals surface area contributed by atoms with Gasteiger partial charge in [-0.15, -0.1) is 0 Å². The fourth-order valence-electron chi connectivity index (χ4n) is 2.90. The molecule has 0 aliphatic heterocycles. The average Bonchev–Trinajstić information content (AvgIpc) is 2.67. The van der Waals surface area contributed by atoms with E-state index >= 15 is 0 Å². The van der Waals surface area contributed by atoms with Gasteiger partial charge in [0.2, 0.25) is 10.0 Å². The van der Waals surface area contributed by atoms with Gasteiger partial charge in [0.15, 0.2) is 0 Å². The topological polar surface area (TPSA) is 55.4 Å². The minimum Gasteiger partial charge on any atom is -0.496 e. The molecule has 1 N–H and O–H groups in total. The van der Waals surface area contributed by atoms with E-state index in [1.165, 1.54) is 0 Å². The van der Waals surface area contributed by atoms with E-state index in [1.54, 1.807) is 25.3 Å². The van der Waals surface area contributed by atoms with Gasteiger partial charge >= 0.3 is 0 Å². The molecule has 1 atom stereocenters. The van der Waals surface area contributed by atoms with Crippen LogP contribution in [0.3, 0.4) is 0 Å². The van der Waals surface area contributed by atoms with Crippen molar-refractivity contribution in [2.24, 2.45) is 0 Å². The highest BCUT2D eigenvalue weighted by Gasteiger charge is 2.24. The van der Waals surface area contributed by atoms with Gasteiger partial charge in [-0.2, -0.15) is 4.72 Å². The van der Waals surface area contributed by atoms with Gasteiger partial charge in [-0.25, -0.2) is 8.42 Å². The second-order valence-electron chi connectivity index (χ2n) is 6.12. The molecule has 0 saturated heterocycles. The van der Waals surface area contributed by atoms with Crippen molar-refractivity contribution in [3.05, 3.63) is 93.1 Å². The van der Waals surface area contributed by atoms with Crippen LogP contribution in [0.5, 0.6) is 5.75 Å². The SMILES string of the molecule is COc1ccc(S(=O)(=O)N[C@H](c2ccccc2)c2ccccc2C)cc1I. The Bertz CT molecular complexity index is 1040. The van der Waals surface area contributed by atoms with Crippen LogP contribution in [-0.2, 0) is 10.0 Å². The van der Waals surface area contributed by atoms with E-state index in [0.29, 0.717) is 5.75 Å². The van der Waals surface area contributed by atoms with Crippen LogP contribution in [0.25, 0.3) is 0 Å². The molecule has 0 amide bonds. The second kappa shape index (κ2) is 8.41. The minimum absolute atomic E-state index is 0.210. The molecule has 0 heterocycles. The number of halogens is 1. The van der Waals surface area contributed by atoms with Gasteiger partial charge in [0.25, 0.3) is 0 Å². The molecule has 0 spiro atoms. The predicted octanol–water partition coefficient (Wildman–Crippen LogP) is 4.68. The summed E-state index contributed by atoms with van der Waals surface area (Å²) >= 11 is 2.07. The Morgan fingerprint density at radius 3 is 2.26 bits per heavy atom. The molecule has 0 fully saturated rings. The number of methoxy groups -OCH3 is 1. The summed E-state index contributed by atoms with van der Waals surface area (Å²) in [5.41, 5.74) is 2.84. The highest BCUT2D eigenvalue weighted by atomic mass is 127. The number of ether oxygens (including phenoxy) is 1. The average molecular weight is 493 g/mol. The molecule has 0 unspecified atom stereocenters. The predicted molar refractivity (Wildman–Crippen MR) is 115 cm³/mol. The van der Waals surface area contributed by atoms with E-state index < -0.39 is 16.1 Å². The zero-order valence-electron chi connectivity index (χ0n) is 15.0. The first-order valence-corrected chi connectivity index (χ1v) is 10.9. The zero-order chi connectivity index (χ0) is 19.4. The molecule has 0 aliphatic carbocycles. The Hall–Kier alpha value is -1.90. The standard InChI is InChI=1S/C21H20INO3S/c1-15-8-6-7-11-18(15)21(16-9-4-3-5-10-16)23-27(24,25)17-12-13-20(26-2)19(22)14-17/h3-14,21,23H,1-2H3/t21-/m1/s1. The maximum absolute atomic E-state index is 13.1. The first-order valence-electron chi connectivity index (χ1n) is 8.39. The largest absolute Gasteiger partial charge is 0.496 e. The Morgan fingerprint density at radius 1 is 0.963 bits per heavy atom. The molecule has 3 rings (SSSR count). The Kier molecular flexibility index (Phi) is 6.18. The molecule has 0 bridgehead atoms. The number of sulfonamides is 1. The molecule has 0 saturated carbocycles. The van der Waals surface area contributed by atoms with E-state index in [4.69, 9.17) is 4.74 Å². The van der Waals surface area contributed by atoms with Crippen LogP contribution in [0.15, 0.2) is 77.7 Å². The monoisotopic (exact) mass is 493 g/mol. The molecular formula is C21H20INO3S. The summed E-state index contributed by atoms with van der Waals surface area (Å²) in [5, 5.41) is 0. The van der Waals surface area contributed by atoms with E-state index in [9.17, 15) is 8.42 Å². The minimum atomic E-state index is -3.73. The summed E-state index contributed by atoms with van der Waals surface area (Å²) in [6.07, 6.45) is 0. The van der Waals surface area contributed by atoms with Gasteiger partial charge in [-0.3, -0.25) is 0 Å². The van der Waals surface area contributed by atoms with Crippen molar-refractivity contribution >= 4 is 32.6 Å². The maximum Gasteiger partial charge on any atom is 0.241 e. The third-order valence-corrected chi connectivity index (χ3v) is 6.60. The lowest BCUT2D eigenvalue weighted by atomic mass is 9.96. The molecule has 0 aliphatic rings. The van der Waals surface area contributed by atoms with Crippen LogP contribution in [0.1, 0.15) is 22.7 Å². The lowest BCUT2D eigenvalue weighted by Gasteiger charge is -2.22. The van der Waals surface area contributed by atoms with Gasteiger partial charge in [-0.05, 0) is 64.4 Å². The fourth-order valence-corrected chi connectivity index (χ4v) is 5.08. The summed E-state index contributed by atoms with van der Waals surface area (Å²) < 4.78 is 35.0. The van der Waals surface area contributed by atoms with Crippen molar-refractivity contribution in [1.29, 1.82) is 0 Å². The quantitative estimate of drug-likeness (QED) is 0.508.